The third-order valence-corrected chi connectivity index (χ3v) is 6.66. The molecule has 8 nitrogen and oxygen atoms in total. The molecule has 38 heavy (non-hydrogen) atoms. The number of fused-ring (bicyclic) bond motifs is 1. The van der Waals surface area contributed by atoms with Crippen LogP contribution < -0.4 is 14.2 Å². The fraction of sp³-hybridized carbons (Fsp3) is 0.200. The zero-order valence-electron chi connectivity index (χ0n) is 20.8. The van der Waals surface area contributed by atoms with Crippen molar-refractivity contribution in [1.82, 2.24) is 0 Å². The number of aliphatic hydroxyl groups excluding tert-OH is 2. The Morgan fingerprint density at radius 3 is 2.26 bits per heavy atom. The van der Waals surface area contributed by atoms with Crippen LogP contribution in [0, 0.1) is 0 Å². The van der Waals surface area contributed by atoms with E-state index in [4.69, 9.17) is 14.2 Å². The molecule has 8 heteroatoms. The zero-order chi connectivity index (χ0) is 27.0. The first-order chi connectivity index (χ1) is 18.2. The summed E-state index contributed by atoms with van der Waals surface area (Å²) in [6.07, 6.45) is 5.70. The van der Waals surface area contributed by atoms with E-state index in [1.807, 2.05) is 24.3 Å². The van der Waals surface area contributed by atoms with Gasteiger partial charge < -0.3 is 39.7 Å². The third kappa shape index (κ3) is 4.86. The summed E-state index contributed by atoms with van der Waals surface area (Å²) in [5.41, 5.74) is 3.65. The Morgan fingerprint density at radius 2 is 1.58 bits per heavy atom. The molecule has 0 amide bonds. The highest BCUT2D eigenvalue weighted by Crippen LogP contribution is 2.54. The number of aromatic hydroxyl groups is 3. The standard InChI is InChI=1S/C30H28O8/c1-36-26-13-18(5-6-25(26)35)29-28(19-11-22(33)15-23(34)12-19)24-9-17(10-27(37-2)30(24)38-29)4-3-16-7-20(31)14-21(32)8-16/h3-7,9-15,21,28-29,31-35H,8H2,1-2H3. The van der Waals surface area contributed by atoms with Crippen LogP contribution in [0.15, 0.2) is 78.1 Å². The number of aliphatic hydroxyl groups is 2. The van der Waals surface area contributed by atoms with Crippen LogP contribution in [0.4, 0.5) is 0 Å². The second kappa shape index (κ2) is 10.1. The number of phenolic OH excluding ortho intramolecular Hbond substituents is 3. The molecular formula is C30H28O8. The van der Waals surface area contributed by atoms with Crippen molar-refractivity contribution in [3.63, 3.8) is 0 Å². The molecule has 5 N–H and O–H groups in total. The van der Waals surface area contributed by atoms with Gasteiger partial charge in [0.05, 0.1) is 26.2 Å². The SMILES string of the molecule is COc1cc(C2Oc3c(OC)cc(C=CC4=CC(O)=CC(O)C4)cc3C2c2cc(O)cc(O)c2)ccc1O. The van der Waals surface area contributed by atoms with Crippen LogP contribution in [0.25, 0.3) is 6.08 Å². The Bertz CT molecular complexity index is 1450. The Labute approximate surface area is 219 Å². The minimum atomic E-state index is -0.756. The maximum Gasteiger partial charge on any atom is 0.166 e. The first kappa shape index (κ1) is 25.1. The molecule has 2 aliphatic rings. The van der Waals surface area contributed by atoms with Crippen LogP contribution >= 0.6 is 0 Å². The van der Waals surface area contributed by atoms with Crippen molar-refractivity contribution in [2.75, 3.05) is 14.2 Å². The van der Waals surface area contributed by atoms with Gasteiger partial charge in [-0.25, -0.2) is 0 Å². The molecule has 3 unspecified atom stereocenters. The molecule has 196 valence electrons. The monoisotopic (exact) mass is 516 g/mol. The molecule has 0 saturated heterocycles. The minimum absolute atomic E-state index is 0.00803. The third-order valence-electron chi connectivity index (χ3n) is 6.66. The van der Waals surface area contributed by atoms with E-state index >= 15 is 0 Å². The number of phenols is 3. The van der Waals surface area contributed by atoms with E-state index in [0.29, 0.717) is 29.0 Å². The first-order valence-electron chi connectivity index (χ1n) is 12.0. The van der Waals surface area contributed by atoms with E-state index in [2.05, 4.69) is 0 Å². The van der Waals surface area contributed by atoms with E-state index in [1.54, 1.807) is 37.5 Å². The number of ether oxygens (including phenoxy) is 3. The largest absolute Gasteiger partial charge is 0.508 e. The highest BCUT2D eigenvalue weighted by atomic mass is 16.5. The molecular weight excluding hydrogens is 488 g/mol. The average Bonchev–Trinajstić information content (AvgIpc) is 3.25. The fourth-order valence-corrected chi connectivity index (χ4v) is 5.01. The number of methoxy groups -OCH3 is 2. The summed E-state index contributed by atoms with van der Waals surface area (Å²) >= 11 is 0. The molecule has 1 heterocycles. The second-order valence-corrected chi connectivity index (χ2v) is 9.29. The van der Waals surface area contributed by atoms with Crippen LogP contribution in [0.3, 0.4) is 0 Å². The maximum atomic E-state index is 10.3. The van der Waals surface area contributed by atoms with Crippen molar-refractivity contribution in [2.45, 2.75) is 24.5 Å². The Morgan fingerprint density at radius 1 is 0.842 bits per heavy atom. The van der Waals surface area contributed by atoms with Gasteiger partial charge >= 0.3 is 0 Å². The van der Waals surface area contributed by atoms with Gasteiger partial charge in [-0.05, 0) is 70.8 Å². The quantitative estimate of drug-likeness (QED) is 0.301. The van der Waals surface area contributed by atoms with Crippen molar-refractivity contribution in [1.29, 1.82) is 0 Å². The molecule has 0 bridgehead atoms. The second-order valence-electron chi connectivity index (χ2n) is 9.29. The molecule has 1 aliphatic carbocycles. The average molecular weight is 517 g/mol. The molecule has 0 aromatic heterocycles. The fourth-order valence-electron chi connectivity index (χ4n) is 5.01. The summed E-state index contributed by atoms with van der Waals surface area (Å²) in [6, 6.07) is 13.1. The lowest BCUT2D eigenvalue weighted by Gasteiger charge is -2.21. The lowest BCUT2D eigenvalue weighted by molar-refractivity contribution is 0.213. The number of allylic oxidation sites excluding steroid dienone is 2. The van der Waals surface area contributed by atoms with Crippen molar-refractivity contribution >= 4 is 6.08 Å². The molecule has 0 spiro atoms. The highest BCUT2D eigenvalue weighted by molar-refractivity contribution is 5.65. The molecule has 0 saturated carbocycles. The molecule has 3 aromatic rings. The van der Waals surface area contributed by atoms with Gasteiger partial charge in [-0.1, -0.05) is 18.2 Å². The van der Waals surface area contributed by atoms with Gasteiger partial charge in [0.2, 0.25) is 0 Å². The predicted molar refractivity (Wildman–Crippen MR) is 141 cm³/mol. The van der Waals surface area contributed by atoms with Crippen LogP contribution in [0.1, 0.15) is 40.7 Å². The van der Waals surface area contributed by atoms with Gasteiger partial charge in [-0.15, -0.1) is 0 Å². The maximum absolute atomic E-state index is 10.3. The van der Waals surface area contributed by atoms with Crippen LogP contribution in [-0.4, -0.2) is 45.9 Å². The summed E-state index contributed by atoms with van der Waals surface area (Å²) in [5.74, 6) is 0.666. The highest BCUT2D eigenvalue weighted by Gasteiger charge is 2.39. The van der Waals surface area contributed by atoms with Crippen molar-refractivity contribution in [2.24, 2.45) is 0 Å². The number of rotatable bonds is 6. The van der Waals surface area contributed by atoms with Crippen molar-refractivity contribution in [3.05, 3.63) is 100 Å². The molecule has 3 aromatic carbocycles. The van der Waals surface area contributed by atoms with Gasteiger partial charge in [-0.2, -0.15) is 0 Å². The molecule has 3 atom stereocenters. The minimum Gasteiger partial charge on any atom is -0.508 e. The van der Waals surface area contributed by atoms with Gasteiger partial charge in [0.1, 0.15) is 23.4 Å². The van der Waals surface area contributed by atoms with Crippen LogP contribution in [-0.2, 0) is 0 Å². The summed E-state index contributed by atoms with van der Waals surface area (Å²) in [7, 11) is 3.01. The number of hydrogen-bond donors (Lipinski definition) is 5. The Kier molecular flexibility index (Phi) is 6.65. The van der Waals surface area contributed by atoms with Crippen LogP contribution in [0.2, 0.25) is 0 Å². The van der Waals surface area contributed by atoms with Crippen molar-refractivity contribution in [3.8, 4) is 34.5 Å². The summed E-state index contributed by atoms with van der Waals surface area (Å²) in [5, 5.41) is 50.4. The molecule has 5 rings (SSSR count). The summed E-state index contributed by atoms with van der Waals surface area (Å²) in [6.45, 7) is 0. The Balaban J connectivity index is 1.63. The lowest BCUT2D eigenvalue weighted by Crippen LogP contribution is -2.11. The molecule has 0 radical (unpaired) electrons. The van der Waals surface area contributed by atoms with Gasteiger partial charge in [0.15, 0.2) is 23.0 Å². The van der Waals surface area contributed by atoms with E-state index in [1.165, 1.54) is 25.3 Å². The number of hydrogen-bond acceptors (Lipinski definition) is 8. The predicted octanol–water partition coefficient (Wildman–Crippen LogP) is 5.23. The summed E-state index contributed by atoms with van der Waals surface area (Å²) < 4.78 is 17.4. The van der Waals surface area contributed by atoms with Crippen molar-refractivity contribution < 1.29 is 39.7 Å². The Hall–Kier alpha value is -4.56. The number of benzene rings is 3. The van der Waals surface area contributed by atoms with Gasteiger partial charge in [-0.3, -0.25) is 0 Å². The molecule has 1 aliphatic heterocycles. The lowest BCUT2D eigenvalue weighted by atomic mass is 9.84. The van der Waals surface area contributed by atoms with E-state index < -0.39 is 18.1 Å². The first-order valence-corrected chi connectivity index (χ1v) is 12.0. The van der Waals surface area contributed by atoms with E-state index in [-0.39, 0.29) is 28.8 Å². The normalized spacial score (nSPS) is 20.4. The van der Waals surface area contributed by atoms with Gasteiger partial charge in [0.25, 0.3) is 0 Å². The van der Waals surface area contributed by atoms with E-state index in [0.717, 1.165) is 16.7 Å². The zero-order valence-corrected chi connectivity index (χ0v) is 20.8. The van der Waals surface area contributed by atoms with Gasteiger partial charge in [0, 0.05) is 18.1 Å². The summed E-state index contributed by atoms with van der Waals surface area (Å²) in [4.78, 5) is 0. The molecule has 0 fully saturated rings. The smallest absolute Gasteiger partial charge is 0.166 e. The van der Waals surface area contributed by atoms with E-state index in [9.17, 15) is 25.5 Å². The topological polar surface area (TPSA) is 129 Å². The van der Waals surface area contributed by atoms with Crippen LogP contribution in [0.5, 0.6) is 34.5 Å².